The van der Waals surface area contributed by atoms with Gasteiger partial charge in [0, 0.05) is 42.4 Å². The van der Waals surface area contributed by atoms with Crippen molar-refractivity contribution in [3.05, 3.63) is 93.6 Å². The van der Waals surface area contributed by atoms with Crippen LogP contribution >= 0.6 is 0 Å². The minimum absolute atomic E-state index is 0.0171. The summed E-state index contributed by atoms with van der Waals surface area (Å²) in [6, 6.07) is 7.04. The summed E-state index contributed by atoms with van der Waals surface area (Å²) in [6.45, 7) is 7.59. The predicted molar refractivity (Wildman–Crippen MR) is 272 cm³/mol. The largest absolute Gasteiger partial charge is 0.480 e. The molecule has 0 radical (unpaired) electrons. The molecular weight excluding hydrogens is 993 g/mol. The maximum atomic E-state index is 13.6. The van der Waals surface area contributed by atoms with E-state index in [9.17, 15) is 57.8 Å². The van der Waals surface area contributed by atoms with Crippen LogP contribution < -0.4 is 42.8 Å². The van der Waals surface area contributed by atoms with Gasteiger partial charge in [-0.25, -0.2) is 4.79 Å². The zero-order valence-electron chi connectivity index (χ0n) is 43.0. The van der Waals surface area contributed by atoms with Crippen LogP contribution in [0.15, 0.2) is 70.6 Å². The topological polar surface area (TPSA) is 362 Å². The van der Waals surface area contributed by atoms with Crippen molar-refractivity contribution < 1.29 is 67.6 Å². The molecule has 2 aliphatic rings. The van der Waals surface area contributed by atoms with Crippen LogP contribution in [-0.2, 0) is 76.0 Å². The molecule has 1 aromatic heterocycles. The number of nitrogens with one attached hydrogen (secondary N) is 8. The van der Waals surface area contributed by atoms with Gasteiger partial charge >= 0.3 is 11.9 Å². The zero-order valence-corrected chi connectivity index (χ0v) is 43.0. The number of carbonyl (C=O) groups is 10. The van der Waals surface area contributed by atoms with E-state index in [0.717, 1.165) is 25.0 Å². The molecule has 0 saturated heterocycles. The summed E-state index contributed by atoms with van der Waals surface area (Å²) in [5, 5.41) is 37.7. The maximum absolute atomic E-state index is 13.6. The van der Waals surface area contributed by atoms with E-state index in [4.69, 9.17) is 14.6 Å². The van der Waals surface area contributed by atoms with Crippen LogP contribution in [0.5, 0.6) is 0 Å². The van der Waals surface area contributed by atoms with Gasteiger partial charge in [-0.15, -0.1) is 0 Å². The fraction of sp³-hybridized carbons (Fsp3) is 0.490. The molecule has 4 rings (SSSR count). The molecule has 76 heavy (non-hydrogen) atoms. The van der Waals surface area contributed by atoms with Crippen LogP contribution in [0.1, 0.15) is 101 Å². The van der Waals surface area contributed by atoms with E-state index in [1.807, 2.05) is 13.8 Å². The van der Waals surface area contributed by atoms with Gasteiger partial charge in [0.2, 0.25) is 35.4 Å². The van der Waals surface area contributed by atoms with E-state index >= 15 is 0 Å². The summed E-state index contributed by atoms with van der Waals surface area (Å²) < 4.78 is 10.9. The van der Waals surface area contributed by atoms with Crippen molar-refractivity contribution >= 4 is 64.9 Å². The summed E-state index contributed by atoms with van der Waals surface area (Å²) in [5.41, 5.74) is -0.377. The van der Waals surface area contributed by atoms with Crippen LogP contribution in [0.3, 0.4) is 0 Å². The molecule has 25 heteroatoms. The number of H-pyrrole nitrogens is 1. The van der Waals surface area contributed by atoms with E-state index in [-0.39, 0.29) is 55.2 Å². The monoisotopic (exact) mass is 1060 g/mol. The predicted octanol–water partition coefficient (Wildman–Crippen LogP) is -0.890. The normalized spacial score (nSPS) is 16.6. The molecule has 3 heterocycles. The van der Waals surface area contributed by atoms with Crippen molar-refractivity contribution in [2.24, 2.45) is 4.99 Å². The van der Waals surface area contributed by atoms with Gasteiger partial charge in [0.25, 0.3) is 17.4 Å². The third-order valence-corrected chi connectivity index (χ3v) is 12.3. The number of carboxylic acids is 1. The first kappa shape index (κ1) is 60.7. The van der Waals surface area contributed by atoms with Gasteiger partial charge < -0.3 is 61.9 Å². The molecule has 8 amide bonds. The maximum Gasteiger partial charge on any atom is 0.343 e. The second kappa shape index (κ2) is 29.9. The third-order valence-electron chi connectivity index (χ3n) is 12.3. The molecule has 5 atom stereocenters. The van der Waals surface area contributed by atoms with E-state index < -0.39 is 128 Å². The molecule has 0 fully saturated rings. The van der Waals surface area contributed by atoms with E-state index in [0.29, 0.717) is 41.1 Å². The molecule has 2 aliphatic heterocycles. The van der Waals surface area contributed by atoms with Gasteiger partial charge in [-0.3, -0.25) is 57.8 Å². The Morgan fingerprint density at radius 3 is 2.13 bits per heavy atom. The lowest BCUT2D eigenvalue weighted by atomic mass is 9.85. The molecule has 0 aliphatic carbocycles. The van der Waals surface area contributed by atoms with Crippen molar-refractivity contribution in [3.63, 3.8) is 0 Å². The Kier molecular flexibility index (Phi) is 23.8. The molecule has 0 bridgehead atoms. The number of hydrogen-bond donors (Lipinski definition) is 10. The highest BCUT2D eigenvalue weighted by atomic mass is 16.6. The third kappa shape index (κ3) is 17.9. The number of allylic oxidation sites excluding steroid dienone is 1. The molecule has 25 nitrogen and oxygen atoms in total. The van der Waals surface area contributed by atoms with Crippen LogP contribution in [0.4, 0.5) is 0 Å². The number of carbonyl (C=O) groups excluding carboxylic acids is 9. The van der Waals surface area contributed by atoms with Gasteiger partial charge in [0.1, 0.15) is 31.5 Å². The number of pyridine rings is 1. The number of nitrogens with zero attached hydrogens (tertiary/aromatic N) is 2. The number of aliphatic carboxylic acids is 1. The molecule has 10 N–H and O–H groups in total. The summed E-state index contributed by atoms with van der Waals surface area (Å²) >= 11 is 0. The molecular formula is C51H68N10O15. The van der Waals surface area contributed by atoms with Gasteiger partial charge in [-0.2, -0.15) is 0 Å². The Bertz CT molecular complexity index is 2580. The number of aliphatic imine (C=N–C) groups is 1. The summed E-state index contributed by atoms with van der Waals surface area (Å²) in [5.74, 6) is -8.26. The fourth-order valence-electron chi connectivity index (χ4n) is 7.94. The van der Waals surface area contributed by atoms with Crippen LogP contribution in [0, 0.1) is 0 Å². The van der Waals surface area contributed by atoms with Gasteiger partial charge in [-0.1, -0.05) is 77.4 Å². The van der Waals surface area contributed by atoms with Crippen molar-refractivity contribution in [1.29, 1.82) is 0 Å². The highest BCUT2D eigenvalue weighted by Crippen LogP contribution is 2.33. The zero-order chi connectivity index (χ0) is 56.0. The Morgan fingerprint density at radius 1 is 0.842 bits per heavy atom. The standard InChI is InChI=1S/C51H68N10O15/c1-6-10-16-32(17-18-35(57-30(5)7-2)36-22-34-33(46(69)60-36)28-75-50(73)51(34,74)9-4)58-49(72)39(8-3)76-29-56-41(63)25-54-47(70)37(21-31-14-12-11-13-15-31)59-42(64)26-53-40(62)24-55-48(71)38(23-52-27-45(67)68)61-43(65)19-20-44(61)66/h11-15,19-20,22,32,37-39,52,74H,5-10,16-18,21,23-29H2,1-4H3,(H,53,62)(H,54,70)(H,55,71)(H,56,63)(H,58,72)(H,59,64)(H,60,69)(H,67,68)/b57-35+/t32-,37-,38-,39-,51-/m0/s1. The average Bonchev–Trinajstić information content (AvgIpc) is 3.74. The van der Waals surface area contributed by atoms with Crippen LogP contribution in [0.2, 0.25) is 0 Å². The van der Waals surface area contributed by atoms with E-state index in [1.54, 1.807) is 50.2 Å². The Balaban J connectivity index is 1.30. The van der Waals surface area contributed by atoms with Crippen molar-refractivity contribution in [1.82, 2.24) is 47.1 Å². The highest BCUT2D eigenvalue weighted by molar-refractivity contribution is 6.15. The number of benzene rings is 1. The molecule has 412 valence electrons. The number of hydrogen-bond acceptors (Lipinski definition) is 16. The number of esters is 1. The number of cyclic esters (lactones) is 1. The van der Waals surface area contributed by atoms with Crippen molar-refractivity contribution in [2.75, 3.05) is 39.5 Å². The Morgan fingerprint density at radius 2 is 1.50 bits per heavy atom. The number of carboxylic acid groups (broad SMARTS) is 1. The van der Waals surface area contributed by atoms with Crippen LogP contribution in [-0.4, -0.2) is 149 Å². The first-order valence-corrected chi connectivity index (χ1v) is 25.0. The van der Waals surface area contributed by atoms with Crippen LogP contribution in [0.25, 0.3) is 0 Å². The van der Waals surface area contributed by atoms with E-state index in [2.05, 4.69) is 53.8 Å². The number of unbranched alkanes of at least 4 members (excludes halogenated alkanes) is 1. The Hall–Kier alpha value is -7.90. The van der Waals surface area contributed by atoms with Gasteiger partial charge in [-0.05, 0) is 50.2 Å². The second-order valence-electron chi connectivity index (χ2n) is 17.8. The average molecular weight is 1060 g/mol. The number of fused-ring (bicyclic) bond motifs is 1. The van der Waals surface area contributed by atoms with Gasteiger partial charge in [0.15, 0.2) is 5.60 Å². The number of amides is 8. The fourth-order valence-corrected chi connectivity index (χ4v) is 7.94. The smallest absolute Gasteiger partial charge is 0.343 e. The summed E-state index contributed by atoms with van der Waals surface area (Å²) in [7, 11) is 0. The first-order valence-electron chi connectivity index (χ1n) is 25.0. The molecule has 0 spiro atoms. The number of rotatable bonds is 32. The molecule has 1 aromatic carbocycles. The molecule has 0 unspecified atom stereocenters. The lowest BCUT2D eigenvalue weighted by Crippen LogP contribution is -2.56. The number of aromatic amines is 1. The number of ether oxygens (including phenoxy) is 2. The quantitative estimate of drug-likeness (QED) is 0.0184. The lowest BCUT2D eigenvalue weighted by Gasteiger charge is -2.31. The summed E-state index contributed by atoms with van der Waals surface area (Å²) in [4.78, 5) is 148. The minimum atomic E-state index is -2.02. The van der Waals surface area contributed by atoms with E-state index in [1.165, 1.54) is 0 Å². The second-order valence-corrected chi connectivity index (χ2v) is 17.8. The highest BCUT2D eigenvalue weighted by Gasteiger charge is 2.44. The van der Waals surface area contributed by atoms with Crippen molar-refractivity contribution in [3.8, 4) is 0 Å². The lowest BCUT2D eigenvalue weighted by molar-refractivity contribution is -0.172. The number of aromatic nitrogens is 1. The number of imide groups is 1. The molecule has 2 aromatic rings. The summed E-state index contributed by atoms with van der Waals surface area (Å²) in [6.07, 6.45) is 4.38. The minimum Gasteiger partial charge on any atom is -0.480 e. The van der Waals surface area contributed by atoms with Gasteiger partial charge in [0.05, 0.1) is 43.1 Å². The Labute approximate surface area is 438 Å². The first-order chi connectivity index (χ1) is 36.2. The molecule has 0 saturated carbocycles. The van der Waals surface area contributed by atoms with Crippen molar-refractivity contribution in [2.45, 2.75) is 122 Å². The number of aliphatic hydroxyl groups is 1. The SMILES string of the molecule is C=C(CC)/N=C(\CC[C@H](CCCC)NC(=O)[C@H](CC)OCNC(=O)CNC(=O)[C@H](Cc1ccccc1)NC(=O)CNC(=O)CNC(=O)[C@H](CNCC(=O)O)N1C(=O)C=CC1=O)c1cc2c(c(=O)[nH]1)COC(=O)[C@]2(O)CC.